The summed E-state index contributed by atoms with van der Waals surface area (Å²) in [5, 5.41) is 4.12. The number of para-hydroxylation sites is 1. The van der Waals surface area contributed by atoms with Crippen molar-refractivity contribution < 1.29 is 17.9 Å². The molecule has 7 nitrogen and oxygen atoms in total. The van der Waals surface area contributed by atoms with Gasteiger partial charge in [-0.3, -0.25) is 9.52 Å². The molecule has 152 valence electrons. The highest BCUT2D eigenvalue weighted by molar-refractivity contribution is 7.92. The van der Waals surface area contributed by atoms with Crippen LogP contribution in [0.4, 0.5) is 5.69 Å². The highest BCUT2D eigenvalue weighted by Gasteiger charge is 2.19. The average molecular weight is 413 g/mol. The number of anilines is 1. The van der Waals surface area contributed by atoms with Gasteiger partial charge in [0.1, 0.15) is 5.75 Å². The van der Waals surface area contributed by atoms with Crippen molar-refractivity contribution in [2.75, 3.05) is 11.3 Å². The van der Waals surface area contributed by atoms with Gasteiger partial charge >= 0.3 is 0 Å². The number of nitrogens with zero attached hydrogens (tertiary/aromatic N) is 1. The molecule has 0 aliphatic heterocycles. The van der Waals surface area contributed by atoms with Crippen LogP contribution >= 0.6 is 0 Å². The number of hydrogen-bond donors (Lipinski definition) is 2. The molecular weight excluding hydrogens is 390 g/mol. The van der Waals surface area contributed by atoms with Crippen molar-refractivity contribution in [3.05, 3.63) is 65.7 Å². The zero-order chi connectivity index (χ0) is 20.9. The summed E-state index contributed by atoms with van der Waals surface area (Å²) in [6.07, 6.45) is 3.63. The third-order valence-electron chi connectivity index (χ3n) is 4.35. The molecule has 0 fully saturated rings. The van der Waals surface area contributed by atoms with E-state index in [2.05, 4.69) is 15.2 Å². The van der Waals surface area contributed by atoms with E-state index in [0.717, 1.165) is 18.6 Å². The second-order valence-corrected chi connectivity index (χ2v) is 8.27. The van der Waals surface area contributed by atoms with Gasteiger partial charge in [0.05, 0.1) is 28.5 Å². The van der Waals surface area contributed by atoms with E-state index in [1.807, 2.05) is 19.9 Å². The number of carbonyl (C=O) groups is 1. The van der Waals surface area contributed by atoms with Crippen molar-refractivity contribution >= 4 is 27.3 Å². The van der Waals surface area contributed by atoms with E-state index in [-0.39, 0.29) is 16.1 Å². The van der Waals surface area contributed by atoms with E-state index in [0.29, 0.717) is 12.4 Å². The van der Waals surface area contributed by atoms with Crippen LogP contribution in [0.5, 0.6) is 5.75 Å². The van der Waals surface area contributed by atoms with Crippen LogP contribution in [0.3, 0.4) is 0 Å². The number of allylic oxidation sites excluding steroid dienone is 2. The zero-order valence-electron chi connectivity index (χ0n) is 16.3. The van der Waals surface area contributed by atoms with Gasteiger partial charge in [-0.25, -0.2) is 13.8 Å². The number of hydrazone groups is 1. The molecule has 0 spiro atoms. The Hall–Kier alpha value is -3.13. The number of ether oxygens (including phenoxy) is 1. The fraction of sp³-hybridized carbons (Fsp3) is 0.238. The normalized spacial score (nSPS) is 15.1. The molecule has 0 atom stereocenters. The molecule has 0 heterocycles. The lowest BCUT2D eigenvalue weighted by Gasteiger charge is -2.12. The number of sulfonamides is 1. The molecule has 0 bridgehead atoms. The van der Waals surface area contributed by atoms with Crippen LogP contribution in [0, 0.1) is 0 Å². The molecule has 1 aliphatic carbocycles. The van der Waals surface area contributed by atoms with Crippen LogP contribution < -0.4 is 14.9 Å². The first-order chi connectivity index (χ1) is 13.9. The molecule has 2 aromatic rings. The molecule has 0 unspecified atom stereocenters. The van der Waals surface area contributed by atoms with E-state index in [1.165, 1.54) is 23.8 Å². The Labute approximate surface area is 170 Å². The molecule has 1 amide bonds. The third kappa shape index (κ3) is 5.23. The molecule has 29 heavy (non-hydrogen) atoms. The van der Waals surface area contributed by atoms with Gasteiger partial charge in [0.15, 0.2) is 0 Å². The van der Waals surface area contributed by atoms with Crippen molar-refractivity contribution in [1.29, 1.82) is 0 Å². The lowest BCUT2D eigenvalue weighted by atomic mass is 10.2. The van der Waals surface area contributed by atoms with Gasteiger partial charge in [-0.2, -0.15) is 5.10 Å². The molecule has 0 aromatic heterocycles. The molecule has 0 radical (unpaired) electrons. The summed E-state index contributed by atoms with van der Waals surface area (Å²) in [5.74, 6) is 0.0991. The summed E-state index contributed by atoms with van der Waals surface area (Å²) < 4.78 is 33.3. The monoisotopic (exact) mass is 413 g/mol. The van der Waals surface area contributed by atoms with Gasteiger partial charge < -0.3 is 4.74 Å². The Balaban J connectivity index is 1.78. The van der Waals surface area contributed by atoms with Gasteiger partial charge in [0, 0.05) is 0 Å². The standard InChI is InChI=1S/C21H23N3O4S/c1-3-28-17-10-12-18(13-11-17)29(26,27)24-20-7-5-4-6-19(20)21(25)23-22-16-9-8-15(2)14-16/h4-7,10-14,24H,3,8-9H2,1-2H3,(H,23,25)/b22-16-. The first-order valence-electron chi connectivity index (χ1n) is 9.28. The van der Waals surface area contributed by atoms with E-state index in [9.17, 15) is 13.2 Å². The van der Waals surface area contributed by atoms with Crippen molar-refractivity contribution in [1.82, 2.24) is 5.43 Å². The highest BCUT2D eigenvalue weighted by Crippen LogP contribution is 2.22. The Kier molecular flexibility index (Phi) is 6.33. The number of hydrogen-bond acceptors (Lipinski definition) is 5. The minimum absolute atomic E-state index is 0.0722. The fourth-order valence-corrected chi connectivity index (χ4v) is 3.96. The van der Waals surface area contributed by atoms with Gasteiger partial charge in [-0.05, 0) is 69.2 Å². The van der Waals surface area contributed by atoms with Gasteiger partial charge in [0.2, 0.25) is 0 Å². The maximum absolute atomic E-state index is 12.7. The predicted molar refractivity (Wildman–Crippen MR) is 113 cm³/mol. The van der Waals surface area contributed by atoms with Crippen molar-refractivity contribution in [2.45, 2.75) is 31.6 Å². The van der Waals surface area contributed by atoms with Gasteiger partial charge in [0.25, 0.3) is 15.9 Å². The first-order valence-corrected chi connectivity index (χ1v) is 10.8. The number of nitrogens with one attached hydrogen (secondary N) is 2. The molecule has 1 aliphatic rings. The quantitative estimate of drug-likeness (QED) is 0.676. The Morgan fingerprint density at radius 3 is 2.48 bits per heavy atom. The maximum Gasteiger partial charge on any atom is 0.273 e. The van der Waals surface area contributed by atoms with Crippen molar-refractivity contribution in [3.63, 3.8) is 0 Å². The topological polar surface area (TPSA) is 96.9 Å². The molecule has 0 saturated heterocycles. The van der Waals surface area contributed by atoms with Gasteiger partial charge in [-0.15, -0.1) is 0 Å². The summed E-state index contributed by atoms with van der Waals surface area (Å²) in [6, 6.07) is 12.5. The number of rotatable bonds is 7. The van der Waals surface area contributed by atoms with Gasteiger partial charge in [-0.1, -0.05) is 17.7 Å². The lowest BCUT2D eigenvalue weighted by Crippen LogP contribution is -2.22. The minimum Gasteiger partial charge on any atom is -0.494 e. The Morgan fingerprint density at radius 2 is 1.83 bits per heavy atom. The van der Waals surface area contributed by atoms with E-state index >= 15 is 0 Å². The summed E-state index contributed by atoms with van der Waals surface area (Å²) in [7, 11) is -3.87. The minimum atomic E-state index is -3.87. The summed E-state index contributed by atoms with van der Waals surface area (Å²) in [5.41, 5.74) is 4.87. The second-order valence-electron chi connectivity index (χ2n) is 6.59. The summed E-state index contributed by atoms with van der Waals surface area (Å²) >= 11 is 0. The fourth-order valence-electron chi connectivity index (χ4n) is 2.88. The first kappa shape index (κ1) is 20.6. The van der Waals surface area contributed by atoms with Crippen LogP contribution in [0.15, 0.2) is 70.2 Å². The molecule has 3 rings (SSSR count). The van der Waals surface area contributed by atoms with Crippen molar-refractivity contribution in [2.24, 2.45) is 5.10 Å². The van der Waals surface area contributed by atoms with Crippen LogP contribution in [0.2, 0.25) is 0 Å². The Morgan fingerprint density at radius 1 is 1.10 bits per heavy atom. The third-order valence-corrected chi connectivity index (χ3v) is 5.73. The lowest BCUT2D eigenvalue weighted by molar-refractivity contribution is 0.0955. The predicted octanol–water partition coefficient (Wildman–Crippen LogP) is 3.71. The van der Waals surface area contributed by atoms with E-state index in [1.54, 1.807) is 30.3 Å². The number of carbonyl (C=O) groups excluding carboxylic acids is 1. The number of benzene rings is 2. The van der Waals surface area contributed by atoms with Crippen LogP contribution in [-0.4, -0.2) is 26.6 Å². The molecule has 8 heteroatoms. The van der Waals surface area contributed by atoms with Crippen LogP contribution in [0.25, 0.3) is 0 Å². The van der Waals surface area contributed by atoms with E-state index < -0.39 is 15.9 Å². The molecule has 2 aromatic carbocycles. The zero-order valence-corrected chi connectivity index (χ0v) is 17.1. The van der Waals surface area contributed by atoms with E-state index in [4.69, 9.17) is 4.74 Å². The largest absolute Gasteiger partial charge is 0.494 e. The maximum atomic E-state index is 12.7. The van der Waals surface area contributed by atoms with Crippen molar-refractivity contribution in [3.8, 4) is 5.75 Å². The number of amides is 1. The Bertz CT molecular complexity index is 1060. The molecule has 2 N–H and O–H groups in total. The van der Waals surface area contributed by atoms with Crippen LogP contribution in [0.1, 0.15) is 37.0 Å². The summed E-state index contributed by atoms with van der Waals surface area (Å²) in [4.78, 5) is 12.6. The SMILES string of the molecule is CCOc1ccc(S(=O)(=O)Nc2ccccc2C(=O)N/N=C2\C=C(C)CC2)cc1. The molecule has 0 saturated carbocycles. The summed E-state index contributed by atoms with van der Waals surface area (Å²) in [6.45, 7) is 4.35. The average Bonchev–Trinajstić information content (AvgIpc) is 3.12. The second kappa shape index (κ2) is 8.91. The molecular formula is C21H23N3O4S. The smallest absolute Gasteiger partial charge is 0.273 e. The van der Waals surface area contributed by atoms with Crippen LogP contribution in [-0.2, 0) is 10.0 Å². The highest BCUT2D eigenvalue weighted by atomic mass is 32.2.